The van der Waals surface area contributed by atoms with Crippen molar-refractivity contribution in [2.45, 2.75) is 20.8 Å². The maximum Gasteiger partial charge on any atom is 0.344 e. The molecule has 0 spiro atoms. The Kier molecular flexibility index (Phi) is 5.09. The Labute approximate surface area is 155 Å². The maximum absolute atomic E-state index is 12.5. The molecule has 0 fully saturated rings. The van der Waals surface area contributed by atoms with E-state index in [0.717, 1.165) is 26.7 Å². The van der Waals surface area contributed by atoms with Crippen LogP contribution in [0.15, 0.2) is 67.8 Å². The first-order valence-electron chi connectivity index (χ1n) is 8.05. The lowest BCUT2D eigenvalue weighted by molar-refractivity contribution is 0.362. The second kappa shape index (κ2) is 7.28. The number of fused-ring (bicyclic) bond motifs is 1. The van der Waals surface area contributed by atoms with Crippen LogP contribution in [0, 0.1) is 6.92 Å². The molecule has 0 bridgehead atoms. The lowest BCUT2D eigenvalue weighted by atomic mass is 9.99. The molecule has 3 aromatic rings. The minimum absolute atomic E-state index is 0.328. The largest absolute Gasteiger partial charge is 0.490 e. The van der Waals surface area contributed by atoms with Crippen molar-refractivity contribution in [3.8, 4) is 16.9 Å². The van der Waals surface area contributed by atoms with E-state index in [2.05, 4.69) is 15.9 Å². The van der Waals surface area contributed by atoms with Crippen LogP contribution < -0.4 is 10.4 Å². The van der Waals surface area contributed by atoms with Crippen molar-refractivity contribution in [2.24, 2.45) is 0 Å². The molecule has 0 aliphatic heterocycles. The summed E-state index contributed by atoms with van der Waals surface area (Å²) in [4.78, 5) is 12.5. The van der Waals surface area contributed by atoms with Crippen molar-refractivity contribution in [2.75, 3.05) is 6.61 Å². The van der Waals surface area contributed by atoms with Gasteiger partial charge in [0, 0.05) is 9.86 Å². The maximum atomic E-state index is 12.5. The number of benzene rings is 2. The second-order valence-corrected chi connectivity index (χ2v) is 7.06. The number of hydrogen-bond acceptors (Lipinski definition) is 3. The van der Waals surface area contributed by atoms with Crippen molar-refractivity contribution in [1.29, 1.82) is 0 Å². The molecule has 4 heteroatoms. The highest BCUT2D eigenvalue weighted by molar-refractivity contribution is 9.10. The fourth-order valence-corrected chi connectivity index (χ4v) is 2.94. The first kappa shape index (κ1) is 17.5. The fourth-order valence-electron chi connectivity index (χ4n) is 2.68. The summed E-state index contributed by atoms with van der Waals surface area (Å²) < 4.78 is 12.3. The van der Waals surface area contributed by atoms with Gasteiger partial charge in [0.1, 0.15) is 17.9 Å². The quantitative estimate of drug-likeness (QED) is 0.407. The minimum atomic E-state index is -0.328. The van der Waals surface area contributed by atoms with Gasteiger partial charge in [-0.3, -0.25) is 0 Å². The topological polar surface area (TPSA) is 39.4 Å². The molecular formula is C21H19BrO3. The van der Waals surface area contributed by atoms with Crippen molar-refractivity contribution >= 4 is 26.9 Å². The molecule has 25 heavy (non-hydrogen) atoms. The van der Waals surface area contributed by atoms with Crippen LogP contribution in [0.5, 0.6) is 5.75 Å². The Morgan fingerprint density at radius 2 is 1.88 bits per heavy atom. The molecule has 0 atom stereocenters. The molecule has 0 unspecified atom stereocenters. The van der Waals surface area contributed by atoms with Crippen LogP contribution in [0.3, 0.4) is 0 Å². The average molecular weight is 399 g/mol. The standard InChI is InChI=1S/C21H19BrO3/c1-13(2)10-11-24-17-8-9-19-18(12-17)14(3)20(21(23)25-19)15-4-6-16(22)7-5-15/h4-10,12H,11H2,1-3H3. The van der Waals surface area contributed by atoms with Gasteiger partial charge in [0.05, 0.1) is 5.56 Å². The number of allylic oxidation sites excluding steroid dienone is 1. The van der Waals surface area contributed by atoms with Gasteiger partial charge in [0.2, 0.25) is 0 Å². The summed E-state index contributed by atoms with van der Waals surface area (Å²) in [7, 11) is 0. The summed E-state index contributed by atoms with van der Waals surface area (Å²) in [5.41, 5.74) is 3.76. The number of ether oxygens (including phenoxy) is 1. The summed E-state index contributed by atoms with van der Waals surface area (Å²) in [6.07, 6.45) is 2.02. The van der Waals surface area contributed by atoms with Gasteiger partial charge in [-0.2, -0.15) is 0 Å². The van der Waals surface area contributed by atoms with E-state index in [-0.39, 0.29) is 5.63 Å². The van der Waals surface area contributed by atoms with E-state index < -0.39 is 0 Å². The highest BCUT2D eigenvalue weighted by atomic mass is 79.9. The Morgan fingerprint density at radius 1 is 1.16 bits per heavy atom. The zero-order chi connectivity index (χ0) is 18.0. The normalized spacial score (nSPS) is 10.7. The predicted molar refractivity (Wildman–Crippen MR) is 105 cm³/mol. The van der Waals surface area contributed by atoms with E-state index in [0.29, 0.717) is 17.8 Å². The predicted octanol–water partition coefficient (Wildman–Crippen LogP) is 5.88. The molecular weight excluding hydrogens is 380 g/mol. The number of rotatable bonds is 4. The molecule has 0 amide bonds. The first-order chi connectivity index (χ1) is 12.0. The van der Waals surface area contributed by atoms with Crippen LogP contribution >= 0.6 is 15.9 Å². The first-order valence-corrected chi connectivity index (χ1v) is 8.84. The molecule has 0 aliphatic rings. The van der Waals surface area contributed by atoms with Gasteiger partial charge in [-0.15, -0.1) is 0 Å². The number of aryl methyl sites for hydroxylation is 1. The van der Waals surface area contributed by atoms with Crippen molar-refractivity contribution < 1.29 is 9.15 Å². The van der Waals surface area contributed by atoms with Crippen molar-refractivity contribution in [1.82, 2.24) is 0 Å². The molecule has 0 saturated heterocycles. The minimum Gasteiger partial charge on any atom is -0.490 e. The third kappa shape index (κ3) is 3.85. The molecule has 3 rings (SSSR count). The third-order valence-corrected chi connectivity index (χ3v) is 4.54. The number of hydrogen-bond donors (Lipinski definition) is 0. The van der Waals surface area contributed by atoms with E-state index in [1.807, 2.05) is 63.2 Å². The molecule has 0 N–H and O–H groups in total. The van der Waals surface area contributed by atoms with Crippen LogP contribution in [-0.4, -0.2) is 6.61 Å². The molecule has 0 aliphatic carbocycles. The van der Waals surface area contributed by atoms with Crippen LogP contribution in [0.25, 0.3) is 22.1 Å². The van der Waals surface area contributed by atoms with Gasteiger partial charge in [-0.25, -0.2) is 4.79 Å². The van der Waals surface area contributed by atoms with E-state index in [9.17, 15) is 4.79 Å². The Morgan fingerprint density at radius 3 is 2.56 bits per heavy atom. The van der Waals surface area contributed by atoms with Crippen LogP contribution in [0.2, 0.25) is 0 Å². The molecule has 0 saturated carbocycles. The highest BCUT2D eigenvalue weighted by Gasteiger charge is 2.14. The summed E-state index contributed by atoms with van der Waals surface area (Å²) >= 11 is 3.42. The molecule has 2 aromatic carbocycles. The lowest BCUT2D eigenvalue weighted by Gasteiger charge is -2.10. The lowest BCUT2D eigenvalue weighted by Crippen LogP contribution is -2.06. The molecule has 0 radical (unpaired) electrons. The van der Waals surface area contributed by atoms with Gasteiger partial charge in [-0.1, -0.05) is 33.6 Å². The Balaban J connectivity index is 2.08. The van der Waals surface area contributed by atoms with Gasteiger partial charge < -0.3 is 9.15 Å². The average Bonchev–Trinajstić information content (AvgIpc) is 2.57. The van der Waals surface area contributed by atoms with Gasteiger partial charge >= 0.3 is 5.63 Å². The Bertz CT molecular complexity index is 994. The van der Waals surface area contributed by atoms with E-state index in [1.165, 1.54) is 5.57 Å². The molecule has 128 valence electrons. The fraction of sp³-hybridized carbons (Fsp3) is 0.190. The molecule has 1 heterocycles. The van der Waals surface area contributed by atoms with Gasteiger partial charge in [0.25, 0.3) is 0 Å². The van der Waals surface area contributed by atoms with Gasteiger partial charge in [-0.05, 0) is 68.3 Å². The summed E-state index contributed by atoms with van der Waals surface area (Å²) in [6.45, 7) is 6.53. The summed E-state index contributed by atoms with van der Waals surface area (Å²) in [6, 6.07) is 13.2. The third-order valence-electron chi connectivity index (χ3n) is 4.01. The summed E-state index contributed by atoms with van der Waals surface area (Å²) in [5.74, 6) is 0.753. The highest BCUT2D eigenvalue weighted by Crippen LogP contribution is 2.29. The SMILES string of the molecule is CC(C)=CCOc1ccc2oc(=O)c(-c3ccc(Br)cc3)c(C)c2c1. The molecule has 1 aromatic heterocycles. The van der Waals surface area contributed by atoms with Gasteiger partial charge in [0.15, 0.2) is 0 Å². The molecule has 3 nitrogen and oxygen atoms in total. The summed E-state index contributed by atoms with van der Waals surface area (Å²) in [5, 5.41) is 0.882. The van der Waals surface area contributed by atoms with E-state index >= 15 is 0 Å². The van der Waals surface area contributed by atoms with Crippen LogP contribution in [0.4, 0.5) is 0 Å². The van der Waals surface area contributed by atoms with Crippen molar-refractivity contribution in [3.63, 3.8) is 0 Å². The smallest absolute Gasteiger partial charge is 0.344 e. The zero-order valence-electron chi connectivity index (χ0n) is 14.4. The van der Waals surface area contributed by atoms with E-state index in [4.69, 9.17) is 9.15 Å². The second-order valence-electron chi connectivity index (χ2n) is 6.15. The monoisotopic (exact) mass is 398 g/mol. The van der Waals surface area contributed by atoms with Crippen molar-refractivity contribution in [3.05, 3.63) is 74.6 Å². The van der Waals surface area contributed by atoms with E-state index in [1.54, 1.807) is 6.07 Å². The van der Waals surface area contributed by atoms with Crippen LogP contribution in [0.1, 0.15) is 19.4 Å². The zero-order valence-corrected chi connectivity index (χ0v) is 16.0. The van der Waals surface area contributed by atoms with Crippen LogP contribution in [-0.2, 0) is 0 Å². The Hall–Kier alpha value is -2.33. The number of halogens is 1.